The molecule has 7 nitrogen and oxygen atoms in total. The van der Waals surface area contributed by atoms with Gasteiger partial charge in [0.2, 0.25) is 11.0 Å². The molecule has 4 rings (SSSR count). The summed E-state index contributed by atoms with van der Waals surface area (Å²) in [6.07, 6.45) is 0.0170. The Hall–Kier alpha value is -2.07. The van der Waals surface area contributed by atoms with E-state index in [-0.39, 0.29) is 6.10 Å². The van der Waals surface area contributed by atoms with E-state index in [0.717, 1.165) is 21.2 Å². The fourth-order valence-corrected chi connectivity index (χ4v) is 5.45. The van der Waals surface area contributed by atoms with E-state index >= 15 is 0 Å². The molecular weight excluding hydrogens is 446 g/mol. The molecule has 0 unspecified atom stereocenters. The molecule has 0 N–H and O–H groups in total. The normalized spacial score (nSPS) is 14.0. The fraction of sp³-hybridized carbons (Fsp3) is 0.350. The summed E-state index contributed by atoms with van der Waals surface area (Å²) >= 11 is 9.54. The maximum atomic E-state index is 10.9. The van der Waals surface area contributed by atoms with Gasteiger partial charge in [-0.25, -0.2) is 4.98 Å². The third-order valence-corrected chi connectivity index (χ3v) is 6.74. The highest BCUT2D eigenvalue weighted by atomic mass is 35.5. The maximum absolute atomic E-state index is 10.9. The van der Waals surface area contributed by atoms with Crippen molar-refractivity contribution in [2.75, 3.05) is 13.2 Å². The molecule has 3 aromatic rings. The number of thiazole rings is 1. The standard InChI is InChI=1S/C20H20ClN3O4S2/c1-11(2)29-19-18(13-4-5-15(21)16(7-13)28-14-8-26-9-14)22-20(30-19)24-17(27-10-25)6-12(3)23-24/h4-7,10-11,14H,8-9H2,1-3H3. The summed E-state index contributed by atoms with van der Waals surface area (Å²) in [5, 5.41) is 5.95. The van der Waals surface area contributed by atoms with E-state index in [2.05, 4.69) is 18.9 Å². The molecule has 2 aromatic heterocycles. The number of carbonyl (C=O) groups excluding carboxylic acids is 1. The lowest BCUT2D eigenvalue weighted by atomic mass is 10.1. The second-order valence-electron chi connectivity index (χ2n) is 6.97. The summed E-state index contributed by atoms with van der Waals surface area (Å²) in [4.78, 5) is 15.7. The van der Waals surface area contributed by atoms with Crippen LogP contribution in [0.2, 0.25) is 5.02 Å². The number of benzene rings is 1. The van der Waals surface area contributed by atoms with Gasteiger partial charge < -0.3 is 14.2 Å². The molecule has 3 heterocycles. The van der Waals surface area contributed by atoms with Gasteiger partial charge in [-0.1, -0.05) is 42.9 Å². The Bertz CT molecular complexity index is 1060. The van der Waals surface area contributed by atoms with Gasteiger partial charge in [-0.15, -0.1) is 11.8 Å². The summed E-state index contributed by atoms with van der Waals surface area (Å²) < 4.78 is 18.8. The third-order valence-electron chi connectivity index (χ3n) is 4.18. The van der Waals surface area contributed by atoms with Crippen molar-refractivity contribution in [1.82, 2.24) is 14.8 Å². The Morgan fingerprint density at radius 2 is 2.17 bits per heavy atom. The predicted octanol–water partition coefficient (Wildman–Crippen LogP) is 4.77. The largest absolute Gasteiger partial charge is 0.484 e. The summed E-state index contributed by atoms with van der Waals surface area (Å²) in [5.74, 6) is 0.937. The number of nitrogens with zero attached hydrogens (tertiary/aromatic N) is 3. The first kappa shape index (κ1) is 21.2. The predicted molar refractivity (Wildman–Crippen MR) is 117 cm³/mol. The molecule has 1 saturated heterocycles. The number of aryl methyl sites for hydroxylation is 1. The van der Waals surface area contributed by atoms with Crippen LogP contribution in [0.25, 0.3) is 16.4 Å². The number of hydrogen-bond donors (Lipinski definition) is 0. The highest BCUT2D eigenvalue weighted by molar-refractivity contribution is 8.01. The fourth-order valence-electron chi connectivity index (χ4n) is 2.81. The molecular formula is C20H20ClN3O4S2. The number of thioether (sulfide) groups is 1. The first-order chi connectivity index (χ1) is 14.4. The van der Waals surface area contributed by atoms with Crippen LogP contribution < -0.4 is 9.47 Å². The summed E-state index contributed by atoms with van der Waals surface area (Å²) in [6.45, 7) is 7.60. The Kier molecular flexibility index (Phi) is 6.33. The van der Waals surface area contributed by atoms with Crippen LogP contribution in [0.3, 0.4) is 0 Å². The molecule has 10 heteroatoms. The van der Waals surface area contributed by atoms with E-state index in [1.54, 1.807) is 22.5 Å². The smallest absolute Gasteiger partial charge is 0.299 e. The van der Waals surface area contributed by atoms with Gasteiger partial charge in [-0.2, -0.15) is 9.78 Å². The topological polar surface area (TPSA) is 75.5 Å². The van der Waals surface area contributed by atoms with Gasteiger partial charge in [0.15, 0.2) is 0 Å². The third kappa shape index (κ3) is 4.49. The van der Waals surface area contributed by atoms with Crippen LogP contribution in [0.4, 0.5) is 0 Å². The molecule has 1 aromatic carbocycles. The number of rotatable bonds is 8. The number of hydrogen-bond acceptors (Lipinski definition) is 8. The van der Waals surface area contributed by atoms with Crippen molar-refractivity contribution in [3.05, 3.63) is 35.0 Å². The Balaban J connectivity index is 1.75. The SMILES string of the molecule is Cc1cc(OC=O)n(-c2nc(-c3ccc(Cl)c(OC4COC4)c3)c(SC(C)C)s2)n1. The Labute approximate surface area is 187 Å². The van der Waals surface area contributed by atoms with Crippen molar-refractivity contribution in [1.29, 1.82) is 0 Å². The number of halogens is 1. The van der Waals surface area contributed by atoms with Crippen LogP contribution in [0.15, 0.2) is 28.5 Å². The molecule has 1 aliphatic heterocycles. The van der Waals surface area contributed by atoms with Crippen molar-refractivity contribution in [3.8, 4) is 28.0 Å². The summed E-state index contributed by atoms with van der Waals surface area (Å²) in [7, 11) is 0. The van der Waals surface area contributed by atoms with Crippen LogP contribution >= 0.6 is 34.7 Å². The van der Waals surface area contributed by atoms with Gasteiger partial charge in [-0.3, -0.25) is 4.79 Å². The molecule has 0 radical (unpaired) electrons. The van der Waals surface area contributed by atoms with Gasteiger partial charge in [0.1, 0.15) is 11.9 Å². The van der Waals surface area contributed by atoms with E-state index < -0.39 is 0 Å². The second kappa shape index (κ2) is 8.97. The highest BCUT2D eigenvalue weighted by Gasteiger charge is 2.23. The summed E-state index contributed by atoms with van der Waals surface area (Å²) in [6, 6.07) is 7.33. The van der Waals surface area contributed by atoms with Gasteiger partial charge in [0, 0.05) is 16.9 Å². The van der Waals surface area contributed by atoms with Crippen molar-refractivity contribution in [2.45, 2.75) is 36.3 Å². The van der Waals surface area contributed by atoms with E-state index in [4.69, 9.17) is 30.8 Å². The molecule has 30 heavy (non-hydrogen) atoms. The van der Waals surface area contributed by atoms with E-state index in [1.807, 2.05) is 25.1 Å². The molecule has 0 aliphatic carbocycles. The van der Waals surface area contributed by atoms with Gasteiger partial charge >= 0.3 is 0 Å². The zero-order valence-electron chi connectivity index (χ0n) is 16.6. The van der Waals surface area contributed by atoms with Crippen LogP contribution in [0.1, 0.15) is 19.5 Å². The van der Waals surface area contributed by atoms with Crippen LogP contribution in [0, 0.1) is 6.92 Å². The minimum atomic E-state index is 0.0170. The molecule has 0 saturated carbocycles. The Morgan fingerprint density at radius 1 is 1.37 bits per heavy atom. The van der Waals surface area contributed by atoms with Crippen molar-refractivity contribution < 1.29 is 19.0 Å². The first-order valence-electron chi connectivity index (χ1n) is 9.33. The average molecular weight is 466 g/mol. The first-order valence-corrected chi connectivity index (χ1v) is 11.4. The lowest BCUT2D eigenvalue weighted by molar-refractivity contribution is -0.121. The molecule has 0 amide bonds. The quantitative estimate of drug-likeness (QED) is 0.350. The highest BCUT2D eigenvalue weighted by Crippen LogP contribution is 2.42. The molecule has 0 bridgehead atoms. The number of ether oxygens (including phenoxy) is 3. The van der Waals surface area contributed by atoms with Gasteiger partial charge in [0.25, 0.3) is 6.47 Å². The van der Waals surface area contributed by atoms with Gasteiger partial charge in [0.05, 0.1) is 33.8 Å². The molecule has 0 atom stereocenters. The average Bonchev–Trinajstić information content (AvgIpc) is 3.22. The number of carbonyl (C=O) groups is 1. The van der Waals surface area contributed by atoms with E-state index in [1.165, 1.54) is 11.3 Å². The lowest BCUT2D eigenvalue weighted by Gasteiger charge is -2.27. The van der Waals surface area contributed by atoms with Crippen molar-refractivity contribution >= 4 is 41.2 Å². The maximum Gasteiger partial charge on any atom is 0.299 e. The second-order valence-corrected chi connectivity index (χ2v) is 10.2. The Morgan fingerprint density at radius 3 is 2.83 bits per heavy atom. The van der Waals surface area contributed by atoms with Crippen LogP contribution in [-0.2, 0) is 9.53 Å². The zero-order chi connectivity index (χ0) is 21.3. The molecule has 1 aliphatic rings. The monoisotopic (exact) mass is 465 g/mol. The summed E-state index contributed by atoms with van der Waals surface area (Å²) in [5.41, 5.74) is 2.43. The van der Waals surface area contributed by atoms with Crippen LogP contribution in [0.5, 0.6) is 11.6 Å². The van der Waals surface area contributed by atoms with E-state index in [9.17, 15) is 4.79 Å². The lowest BCUT2D eigenvalue weighted by Crippen LogP contribution is -2.38. The molecule has 158 valence electrons. The van der Waals surface area contributed by atoms with Crippen molar-refractivity contribution in [3.63, 3.8) is 0 Å². The molecule has 0 spiro atoms. The molecule has 1 fully saturated rings. The number of aromatic nitrogens is 3. The van der Waals surface area contributed by atoms with Gasteiger partial charge in [-0.05, 0) is 19.1 Å². The van der Waals surface area contributed by atoms with Crippen LogP contribution in [-0.4, -0.2) is 45.8 Å². The minimum absolute atomic E-state index is 0.0170. The van der Waals surface area contributed by atoms with E-state index in [0.29, 0.717) is 46.7 Å². The minimum Gasteiger partial charge on any atom is -0.484 e. The van der Waals surface area contributed by atoms with Crippen molar-refractivity contribution in [2.24, 2.45) is 0 Å². The zero-order valence-corrected chi connectivity index (χ0v) is 19.0.